The zero-order valence-electron chi connectivity index (χ0n) is 14.5. The molecule has 0 amide bonds. The summed E-state index contributed by atoms with van der Waals surface area (Å²) in [7, 11) is 0. The van der Waals surface area contributed by atoms with E-state index in [2.05, 4.69) is 4.98 Å². The standard InChI is InChI=1S/C22H18FNO3/c23-20-8-3-18(4-9-20)15-27-22(25)12-7-17-5-10-21(11-6-17)26-16-19-2-1-13-24-14-19/h1-14H,15-16H2/b12-7+. The molecule has 136 valence electrons. The lowest BCUT2D eigenvalue weighted by atomic mass is 10.2. The molecule has 4 nitrogen and oxygen atoms in total. The Morgan fingerprint density at radius 2 is 1.74 bits per heavy atom. The lowest BCUT2D eigenvalue weighted by Gasteiger charge is -2.06. The van der Waals surface area contributed by atoms with E-state index >= 15 is 0 Å². The predicted octanol–water partition coefficient (Wildman–Crippen LogP) is 4.56. The van der Waals surface area contributed by atoms with E-state index in [4.69, 9.17) is 9.47 Å². The summed E-state index contributed by atoms with van der Waals surface area (Å²) < 4.78 is 23.6. The molecule has 2 aromatic carbocycles. The molecule has 3 aromatic rings. The molecule has 0 fully saturated rings. The van der Waals surface area contributed by atoms with E-state index in [1.54, 1.807) is 30.6 Å². The highest BCUT2D eigenvalue weighted by molar-refractivity contribution is 5.87. The van der Waals surface area contributed by atoms with E-state index in [0.29, 0.717) is 6.61 Å². The number of hydrogen-bond acceptors (Lipinski definition) is 4. The zero-order valence-corrected chi connectivity index (χ0v) is 14.5. The van der Waals surface area contributed by atoms with Crippen LogP contribution in [0, 0.1) is 5.82 Å². The molecule has 0 bridgehead atoms. The predicted molar refractivity (Wildman–Crippen MR) is 100 cm³/mol. The van der Waals surface area contributed by atoms with Crippen LogP contribution in [0.2, 0.25) is 0 Å². The molecule has 5 heteroatoms. The second kappa shape index (κ2) is 9.29. The van der Waals surface area contributed by atoms with Gasteiger partial charge in [-0.1, -0.05) is 30.3 Å². The summed E-state index contributed by atoms with van der Waals surface area (Å²) in [6.45, 7) is 0.545. The maximum absolute atomic E-state index is 12.8. The van der Waals surface area contributed by atoms with Crippen molar-refractivity contribution in [3.05, 3.63) is 102 Å². The van der Waals surface area contributed by atoms with E-state index in [-0.39, 0.29) is 12.4 Å². The molecule has 0 saturated heterocycles. The van der Waals surface area contributed by atoms with Crippen molar-refractivity contribution in [1.29, 1.82) is 0 Å². The Morgan fingerprint density at radius 1 is 0.963 bits per heavy atom. The summed E-state index contributed by atoms with van der Waals surface area (Å²) in [5, 5.41) is 0. The second-order valence-corrected chi connectivity index (χ2v) is 5.79. The summed E-state index contributed by atoms with van der Waals surface area (Å²) in [5.41, 5.74) is 2.57. The number of esters is 1. The largest absolute Gasteiger partial charge is 0.489 e. The molecule has 0 unspecified atom stereocenters. The Hall–Kier alpha value is -3.47. The molecule has 0 aliphatic rings. The van der Waals surface area contributed by atoms with Crippen molar-refractivity contribution in [2.75, 3.05) is 0 Å². The van der Waals surface area contributed by atoms with Crippen molar-refractivity contribution in [3.8, 4) is 5.75 Å². The lowest BCUT2D eigenvalue weighted by Crippen LogP contribution is -2.00. The number of halogens is 1. The van der Waals surface area contributed by atoms with Crippen molar-refractivity contribution in [1.82, 2.24) is 4.98 Å². The molecule has 0 saturated carbocycles. The van der Waals surface area contributed by atoms with Gasteiger partial charge in [0.1, 0.15) is 24.8 Å². The number of ether oxygens (including phenoxy) is 2. The lowest BCUT2D eigenvalue weighted by molar-refractivity contribution is -0.138. The van der Waals surface area contributed by atoms with Crippen molar-refractivity contribution in [2.24, 2.45) is 0 Å². The molecular formula is C22H18FNO3. The smallest absolute Gasteiger partial charge is 0.331 e. The van der Waals surface area contributed by atoms with Crippen molar-refractivity contribution in [3.63, 3.8) is 0 Å². The Balaban J connectivity index is 1.46. The highest BCUT2D eigenvalue weighted by Gasteiger charge is 2.00. The third-order valence-corrected chi connectivity index (χ3v) is 3.71. The van der Waals surface area contributed by atoms with Crippen LogP contribution in [0.1, 0.15) is 16.7 Å². The summed E-state index contributed by atoms with van der Waals surface area (Å²) >= 11 is 0. The normalized spacial score (nSPS) is 10.7. The number of nitrogens with zero attached hydrogens (tertiary/aromatic N) is 1. The fourth-order valence-corrected chi connectivity index (χ4v) is 2.27. The van der Waals surface area contributed by atoms with Crippen LogP contribution in [0.15, 0.2) is 79.1 Å². The van der Waals surface area contributed by atoms with Crippen molar-refractivity contribution >= 4 is 12.0 Å². The topological polar surface area (TPSA) is 48.4 Å². The number of carbonyl (C=O) groups is 1. The summed E-state index contributed by atoms with van der Waals surface area (Å²) in [6.07, 6.45) is 6.50. The molecule has 0 N–H and O–H groups in total. The molecular weight excluding hydrogens is 345 g/mol. The SMILES string of the molecule is O=C(/C=C/c1ccc(OCc2cccnc2)cc1)OCc1ccc(F)cc1. The van der Waals surface area contributed by atoms with Gasteiger partial charge in [-0.25, -0.2) is 9.18 Å². The number of pyridine rings is 1. The third-order valence-electron chi connectivity index (χ3n) is 3.71. The van der Waals surface area contributed by atoms with E-state index in [0.717, 1.165) is 22.4 Å². The minimum atomic E-state index is -0.462. The molecule has 0 aliphatic carbocycles. The Bertz CT molecular complexity index is 891. The first kappa shape index (κ1) is 18.3. The van der Waals surface area contributed by atoms with Gasteiger partial charge in [0.25, 0.3) is 0 Å². The first-order valence-electron chi connectivity index (χ1n) is 8.40. The van der Waals surface area contributed by atoms with E-state index in [1.165, 1.54) is 18.2 Å². The van der Waals surface area contributed by atoms with Gasteiger partial charge in [0.2, 0.25) is 0 Å². The van der Waals surface area contributed by atoms with Crippen LogP contribution in [0.5, 0.6) is 5.75 Å². The Labute approximate surface area is 156 Å². The van der Waals surface area contributed by atoms with Gasteiger partial charge in [-0.15, -0.1) is 0 Å². The fraction of sp³-hybridized carbons (Fsp3) is 0.0909. The molecule has 1 aromatic heterocycles. The van der Waals surface area contributed by atoms with Gasteiger partial charge in [-0.3, -0.25) is 4.98 Å². The van der Waals surface area contributed by atoms with Gasteiger partial charge < -0.3 is 9.47 Å². The molecule has 0 radical (unpaired) electrons. The zero-order chi connectivity index (χ0) is 18.9. The first-order valence-corrected chi connectivity index (χ1v) is 8.40. The van der Waals surface area contributed by atoms with Crippen LogP contribution in [-0.4, -0.2) is 11.0 Å². The Kier molecular flexibility index (Phi) is 6.30. The van der Waals surface area contributed by atoms with Crippen LogP contribution in [0.25, 0.3) is 6.08 Å². The first-order chi connectivity index (χ1) is 13.2. The number of rotatable bonds is 7. The summed E-state index contributed by atoms with van der Waals surface area (Å²) in [5.74, 6) is -0.0519. The molecule has 0 atom stereocenters. The van der Waals surface area contributed by atoms with E-state index < -0.39 is 5.97 Å². The maximum Gasteiger partial charge on any atom is 0.331 e. The number of hydrogen-bond donors (Lipinski definition) is 0. The van der Waals surface area contributed by atoms with Crippen molar-refractivity contribution < 1.29 is 18.7 Å². The van der Waals surface area contributed by atoms with E-state index in [9.17, 15) is 9.18 Å². The summed E-state index contributed by atoms with van der Waals surface area (Å²) in [6, 6.07) is 17.0. The number of aromatic nitrogens is 1. The molecule has 0 spiro atoms. The highest BCUT2D eigenvalue weighted by Crippen LogP contribution is 2.15. The van der Waals surface area contributed by atoms with Crippen LogP contribution in [0.4, 0.5) is 4.39 Å². The number of benzene rings is 2. The van der Waals surface area contributed by atoms with Crippen LogP contribution >= 0.6 is 0 Å². The van der Waals surface area contributed by atoms with Crippen molar-refractivity contribution in [2.45, 2.75) is 13.2 Å². The minimum absolute atomic E-state index is 0.102. The van der Waals surface area contributed by atoms with Gasteiger partial charge in [0, 0.05) is 24.0 Å². The minimum Gasteiger partial charge on any atom is -0.489 e. The monoisotopic (exact) mass is 363 g/mol. The van der Waals surface area contributed by atoms with E-state index in [1.807, 2.05) is 36.4 Å². The van der Waals surface area contributed by atoms with Crippen LogP contribution < -0.4 is 4.74 Å². The van der Waals surface area contributed by atoms with Gasteiger partial charge in [-0.2, -0.15) is 0 Å². The van der Waals surface area contributed by atoms with Crippen LogP contribution in [-0.2, 0) is 22.7 Å². The quantitative estimate of drug-likeness (QED) is 0.456. The molecule has 0 aliphatic heterocycles. The Morgan fingerprint density at radius 3 is 2.44 bits per heavy atom. The second-order valence-electron chi connectivity index (χ2n) is 5.79. The number of carbonyl (C=O) groups excluding carboxylic acids is 1. The molecule has 1 heterocycles. The summed E-state index contributed by atoms with van der Waals surface area (Å²) in [4.78, 5) is 15.8. The highest BCUT2D eigenvalue weighted by atomic mass is 19.1. The van der Waals surface area contributed by atoms with Gasteiger partial charge in [0.05, 0.1) is 0 Å². The molecule has 3 rings (SSSR count). The average molecular weight is 363 g/mol. The third kappa shape index (κ3) is 6.08. The van der Waals surface area contributed by atoms with Crippen LogP contribution in [0.3, 0.4) is 0 Å². The fourth-order valence-electron chi connectivity index (χ4n) is 2.27. The maximum atomic E-state index is 12.8. The average Bonchev–Trinajstić information content (AvgIpc) is 2.72. The van der Waals surface area contributed by atoms with Gasteiger partial charge in [-0.05, 0) is 47.5 Å². The van der Waals surface area contributed by atoms with Gasteiger partial charge >= 0.3 is 5.97 Å². The molecule has 27 heavy (non-hydrogen) atoms. The van der Waals surface area contributed by atoms with Gasteiger partial charge in [0.15, 0.2) is 0 Å².